The van der Waals surface area contributed by atoms with Crippen LogP contribution in [0.3, 0.4) is 0 Å². The van der Waals surface area contributed by atoms with Crippen LogP contribution in [-0.2, 0) is 16.1 Å². The van der Waals surface area contributed by atoms with Crippen molar-refractivity contribution in [3.05, 3.63) is 30.1 Å². The molecule has 1 aliphatic heterocycles. The average molecular weight is 231 g/mol. The second-order valence-electron chi connectivity index (χ2n) is 3.93. The van der Waals surface area contributed by atoms with E-state index < -0.39 is 0 Å². The van der Waals surface area contributed by atoms with Crippen molar-refractivity contribution >= 4 is 5.91 Å². The third-order valence-corrected chi connectivity index (χ3v) is 2.63. The van der Waals surface area contributed by atoms with Gasteiger partial charge in [-0.25, -0.2) is 0 Å². The van der Waals surface area contributed by atoms with Crippen LogP contribution < -0.4 is 0 Å². The van der Waals surface area contributed by atoms with E-state index in [0.29, 0.717) is 19.5 Å². The number of rotatable bonds is 3. The van der Waals surface area contributed by atoms with Gasteiger partial charge in [-0.1, -0.05) is 6.07 Å². The Labute approximate surface area is 99.6 Å². The second kappa shape index (κ2) is 5.41. The molecular weight excluding hydrogens is 218 g/mol. The van der Waals surface area contributed by atoms with Gasteiger partial charge in [0.1, 0.15) is 6.61 Å². The van der Waals surface area contributed by atoms with Crippen molar-refractivity contribution in [2.24, 2.45) is 0 Å². The monoisotopic (exact) mass is 231 g/mol. The molecule has 1 aromatic heterocycles. The van der Waals surface area contributed by atoms with Gasteiger partial charge < -0.3 is 9.64 Å². The molecule has 5 nitrogen and oxygen atoms in total. The SMILES string of the molecule is N#CCC1CN(Cc2cccnc2)C(=O)CO1. The average Bonchev–Trinajstić information content (AvgIpc) is 2.35. The van der Waals surface area contributed by atoms with E-state index in [4.69, 9.17) is 10.00 Å². The van der Waals surface area contributed by atoms with Crippen LogP contribution >= 0.6 is 0 Å². The van der Waals surface area contributed by atoms with Gasteiger partial charge in [0.25, 0.3) is 0 Å². The number of nitrogens with zero attached hydrogens (tertiary/aromatic N) is 3. The molecule has 17 heavy (non-hydrogen) atoms. The number of ether oxygens (including phenoxy) is 1. The van der Waals surface area contributed by atoms with Crippen LogP contribution in [0.25, 0.3) is 0 Å². The molecule has 0 spiro atoms. The van der Waals surface area contributed by atoms with Gasteiger partial charge in [-0.05, 0) is 11.6 Å². The van der Waals surface area contributed by atoms with E-state index in [0.717, 1.165) is 5.56 Å². The molecule has 0 aliphatic carbocycles. The molecule has 1 fully saturated rings. The molecule has 0 bridgehead atoms. The van der Waals surface area contributed by atoms with E-state index >= 15 is 0 Å². The number of aromatic nitrogens is 1. The highest BCUT2D eigenvalue weighted by Crippen LogP contribution is 2.12. The van der Waals surface area contributed by atoms with Crippen LogP contribution in [0.4, 0.5) is 0 Å². The molecule has 1 amide bonds. The minimum atomic E-state index is -0.172. The van der Waals surface area contributed by atoms with Crippen LogP contribution in [0, 0.1) is 11.3 Å². The van der Waals surface area contributed by atoms with Gasteiger partial charge in [0.2, 0.25) is 5.91 Å². The normalized spacial score (nSPS) is 20.1. The maximum Gasteiger partial charge on any atom is 0.248 e. The zero-order valence-electron chi connectivity index (χ0n) is 9.37. The summed E-state index contributed by atoms with van der Waals surface area (Å²) in [6, 6.07) is 5.83. The van der Waals surface area contributed by atoms with Crippen LogP contribution in [0.2, 0.25) is 0 Å². The Morgan fingerprint density at radius 2 is 2.53 bits per heavy atom. The summed E-state index contributed by atoms with van der Waals surface area (Å²) in [6.45, 7) is 1.06. The first-order chi connectivity index (χ1) is 8.29. The standard InChI is InChI=1S/C12H13N3O2/c13-4-3-11-8-15(12(16)9-17-11)7-10-2-1-5-14-6-10/h1-2,5-6,11H,3,7-9H2. The molecule has 1 unspecified atom stereocenters. The lowest BCUT2D eigenvalue weighted by Crippen LogP contribution is -2.45. The maximum absolute atomic E-state index is 11.6. The Kier molecular flexibility index (Phi) is 3.68. The van der Waals surface area contributed by atoms with Crippen molar-refractivity contribution < 1.29 is 9.53 Å². The summed E-state index contributed by atoms with van der Waals surface area (Å²) in [5.74, 6) is -0.0388. The Bertz CT molecular complexity index is 427. The van der Waals surface area contributed by atoms with Crippen LogP contribution in [0.15, 0.2) is 24.5 Å². The quantitative estimate of drug-likeness (QED) is 0.769. The fraction of sp³-hybridized carbons (Fsp3) is 0.417. The van der Waals surface area contributed by atoms with Gasteiger partial charge in [0.05, 0.1) is 18.6 Å². The van der Waals surface area contributed by atoms with Crippen molar-refractivity contribution in [1.29, 1.82) is 5.26 Å². The molecule has 1 saturated heterocycles. The highest BCUT2D eigenvalue weighted by molar-refractivity contribution is 5.78. The minimum absolute atomic E-state index is 0.0388. The number of pyridine rings is 1. The zero-order chi connectivity index (χ0) is 12.1. The first kappa shape index (κ1) is 11.6. The van der Waals surface area contributed by atoms with E-state index in [1.807, 2.05) is 12.1 Å². The molecule has 1 atom stereocenters. The molecule has 5 heteroatoms. The van der Waals surface area contributed by atoms with Gasteiger partial charge >= 0.3 is 0 Å². The number of carbonyl (C=O) groups excluding carboxylic acids is 1. The number of morpholine rings is 1. The summed E-state index contributed by atoms with van der Waals surface area (Å²) in [5, 5.41) is 8.62. The highest BCUT2D eigenvalue weighted by Gasteiger charge is 2.25. The molecular formula is C12H13N3O2. The predicted molar refractivity (Wildman–Crippen MR) is 59.6 cm³/mol. The first-order valence-electron chi connectivity index (χ1n) is 5.45. The first-order valence-corrected chi connectivity index (χ1v) is 5.45. The lowest BCUT2D eigenvalue weighted by Gasteiger charge is -2.31. The van der Waals surface area contributed by atoms with Gasteiger partial charge in [-0.15, -0.1) is 0 Å². The summed E-state index contributed by atoms with van der Waals surface area (Å²) in [6.07, 6.45) is 3.58. The number of hydrogen-bond donors (Lipinski definition) is 0. The maximum atomic E-state index is 11.6. The van der Waals surface area contributed by atoms with Crippen molar-refractivity contribution in [2.45, 2.75) is 19.1 Å². The number of nitriles is 1. The fourth-order valence-electron chi connectivity index (χ4n) is 1.77. The van der Waals surface area contributed by atoms with E-state index in [1.165, 1.54) is 0 Å². The van der Waals surface area contributed by atoms with Crippen LogP contribution in [-0.4, -0.2) is 35.0 Å². The molecule has 1 aliphatic rings. The van der Waals surface area contributed by atoms with Gasteiger partial charge in [-0.2, -0.15) is 5.26 Å². The van der Waals surface area contributed by atoms with Crippen LogP contribution in [0.5, 0.6) is 0 Å². The van der Waals surface area contributed by atoms with Crippen molar-refractivity contribution in [2.75, 3.05) is 13.2 Å². The minimum Gasteiger partial charge on any atom is -0.365 e. The summed E-state index contributed by atoms with van der Waals surface area (Å²) >= 11 is 0. The zero-order valence-corrected chi connectivity index (χ0v) is 9.37. The van der Waals surface area contributed by atoms with Crippen molar-refractivity contribution in [3.8, 4) is 6.07 Å². The van der Waals surface area contributed by atoms with Crippen LogP contribution in [0.1, 0.15) is 12.0 Å². The number of amides is 1. The number of carbonyl (C=O) groups is 1. The van der Waals surface area contributed by atoms with E-state index in [9.17, 15) is 4.79 Å². The molecule has 0 radical (unpaired) electrons. The van der Waals surface area contributed by atoms with E-state index in [2.05, 4.69) is 11.1 Å². The van der Waals surface area contributed by atoms with Gasteiger partial charge in [0.15, 0.2) is 0 Å². The molecule has 1 aromatic rings. The number of hydrogen-bond acceptors (Lipinski definition) is 4. The van der Waals surface area contributed by atoms with Gasteiger partial charge in [0, 0.05) is 25.5 Å². The molecule has 2 rings (SSSR count). The van der Waals surface area contributed by atoms with E-state index in [-0.39, 0.29) is 18.6 Å². The van der Waals surface area contributed by atoms with Gasteiger partial charge in [-0.3, -0.25) is 9.78 Å². The molecule has 0 aromatic carbocycles. The molecule has 0 saturated carbocycles. The Morgan fingerprint density at radius 1 is 1.65 bits per heavy atom. The summed E-state index contributed by atoms with van der Waals surface area (Å²) in [7, 11) is 0. The third kappa shape index (κ3) is 3.02. The topological polar surface area (TPSA) is 66.2 Å². The summed E-state index contributed by atoms with van der Waals surface area (Å²) < 4.78 is 5.27. The summed E-state index contributed by atoms with van der Waals surface area (Å²) in [4.78, 5) is 17.4. The lowest BCUT2D eigenvalue weighted by atomic mass is 10.2. The highest BCUT2D eigenvalue weighted by atomic mass is 16.5. The smallest absolute Gasteiger partial charge is 0.248 e. The summed E-state index contributed by atoms with van der Waals surface area (Å²) in [5.41, 5.74) is 0.985. The predicted octanol–water partition coefficient (Wildman–Crippen LogP) is 0.723. The Balaban J connectivity index is 1.99. The fourth-order valence-corrected chi connectivity index (χ4v) is 1.77. The van der Waals surface area contributed by atoms with Crippen molar-refractivity contribution in [3.63, 3.8) is 0 Å². The molecule has 2 heterocycles. The lowest BCUT2D eigenvalue weighted by molar-refractivity contribution is -0.149. The second-order valence-corrected chi connectivity index (χ2v) is 3.93. The third-order valence-electron chi connectivity index (χ3n) is 2.63. The largest absolute Gasteiger partial charge is 0.365 e. The Hall–Kier alpha value is -1.93. The Morgan fingerprint density at radius 3 is 3.24 bits per heavy atom. The van der Waals surface area contributed by atoms with Crippen molar-refractivity contribution in [1.82, 2.24) is 9.88 Å². The van der Waals surface area contributed by atoms with E-state index in [1.54, 1.807) is 17.3 Å². The molecule has 0 N–H and O–H groups in total. The molecule has 88 valence electrons.